The molecular weight excluding hydrogens is 192 g/mol. The topological polar surface area (TPSA) is 0 Å². The third kappa shape index (κ3) is 5.75. The van der Waals surface area contributed by atoms with Gasteiger partial charge in [-0.15, -0.1) is 0 Å². The molecule has 8 heavy (non-hydrogen) atoms. The van der Waals surface area contributed by atoms with Crippen molar-refractivity contribution < 1.29 is 0 Å². The normalized spacial score (nSPS) is 14.2. The van der Waals surface area contributed by atoms with E-state index in [0.717, 1.165) is 4.87 Å². The second kappa shape index (κ2) is 6.73. The standard InChI is InChI=1S/C3H10S4Si/c1-2-3(8)5-7-6-4/h3-4H,2H2,1,8H3. The molecule has 0 bridgehead atoms. The molecule has 1 unspecified atom stereocenters. The van der Waals surface area contributed by atoms with Crippen LogP contribution in [0.25, 0.3) is 0 Å². The monoisotopic (exact) mass is 202 g/mol. The van der Waals surface area contributed by atoms with Crippen molar-refractivity contribution in [1.29, 1.82) is 0 Å². The third-order valence-corrected chi connectivity index (χ3v) is 8.46. The van der Waals surface area contributed by atoms with Crippen molar-refractivity contribution in [2.24, 2.45) is 0 Å². The molecule has 50 valence electrons. The van der Waals surface area contributed by atoms with Gasteiger partial charge in [0.05, 0.1) is 0 Å². The largest absolute Gasteiger partial charge is 0.0989 e. The highest BCUT2D eigenvalue weighted by Gasteiger charge is 1.96. The first-order valence-electron chi connectivity index (χ1n) is 2.44. The minimum atomic E-state index is 0.902. The summed E-state index contributed by atoms with van der Waals surface area (Å²) in [5.74, 6) is 0. The maximum absolute atomic E-state index is 4.01. The highest BCUT2D eigenvalue weighted by atomic mass is 33.7. The molecule has 0 aromatic rings. The fourth-order valence-corrected chi connectivity index (χ4v) is 5.97. The van der Waals surface area contributed by atoms with E-state index in [4.69, 9.17) is 0 Å². The van der Waals surface area contributed by atoms with Crippen LogP contribution in [-0.4, -0.2) is 15.1 Å². The number of hydrogen-bond donors (Lipinski definition) is 1. The first-order chi connectivity index (χ1) is 3.81. The molecule has 0 amide bonds. The predicted octanol–water partition coefficient (Wildman–Crippen LogP) is 1.96. The SMILES string of the molecule is CCC([SiH3])SSSS. The second-order valence-electron chi connectivity index (χ2n) is 1.46. The van der Waals surface area contributed by atoms with Gasteiger partial charge in [-0.2, -0.15) is 0 Å². The van der Waals surface area contributed by atoms with Crippen molar-refractivity contribution in [1.82, 2.24) is 0 Å². The van der Waals surface area contributed by atoms with Crippen molar-refractivity contribution in [2.75, 3.05) is 0 Å². The van der Waals surface area contributed by atoms with Crippen molar-refractivity contribution in [3.63, 3.8) is 0 Å². The van der Waals surface area contributed by atoms with Crippen LogP contribution in [0.1, 0.15) is 13.3 Å². The average Bonchev–Trinajstić information content (AvgIpc) is 1.83. The molecule has 0 aromatic carbocycles. The Bertz CT molecular complexity index is 50.5. The van der Waals surface area contributed by atoms with E-state index in [2.05, 4.69) is 18.6 Å². The molecule has 0 spiro atoms. The van der Waals surface area contributed by atoms with E-state index in [1.807, 2.05) is 10.8 Å². The molecule has 0 heterocycles. The van der Waals surface area contributed by atoms with Crippen LogP contribution in [0, 0.1) is 0 Å². The van der Waals surface area contributed by atoms with Gasteiger partial charge >= 0.3 is 0 Å². The van der Waals surface area contributed by atoms with Crippen LogP contribution in [0.3, 0.4) is 0 Å². The number of rotatable bonds is 4. The molecule has 0 aliphatic rings. The Kier molecular flexibility index (Phi) is 8.09. The molecule has 0 nitrogen and oxygen atoms in total. The summed E-state index contributed by atoms with van der Waals surface area (Å²) in [6.07, 6.45) is 1.30. The zero-order chi connectivity index (χ0) is 6.41. The second-order valence-corrected chi connectivity index (χ2v) is 8.97. The first-order valence-corrected chi connectivity index (χ1v) is 8.20. The Balaban J connectivity index is 2.86. The lowest BCUT2D eigenvalue weighted by molar-refractivity contribution is 1.05. The van der Waals surface area contributed by atoms with Gasteiger partial charge < -0.3 is 0 Å². The summed E-state index contributed by atoms with van der Waals surface area (Å²) in [6.45, 7) is 2.23. The molecule has 0 aromatic heterocycles. The third-order valence-electron chi connectivity index (χ3n) is 0.809. The fraction of sp³-hybridized carbons (Fsp3) is 1.00. The summed E-state index contributed by atoms with van der Waals surface area (Å²) in [5.41, 5.74) is 0. The van der Waals surface area contributed by atoms with Crippen LogP contribution in [-0.2, 0) is 0 Å². The maximum Gasteiger partial charge on any atom is 0.0204 e. The van der Waals surface area contributed by atoms with Gasteiger partial charge in [0.1, 0.15) is 0 Å². The minimum Gasteiger partial charge on any atom is -0.0989 e. The lowest BCUT2D eigenvalue weighted by atomic mass is 10.6. The maximum atomic E-state index is 4.01. The number of thiol groups is 1. The molecule has 1 atom stereocenters. The summed E-state index contributed by atoms with van der Waals surface area (Å²) in [6, 6.07) is 0. The van der Waals surface area contributed by atoms with Gasteiger partial charge in [-0.1, -0.05) is 29.4 Å². The highest BCUT2D eigenvalue weighted by molar-refractivity contribution is 9.24. The molecule has 0 aliphatic heterocycles. The Hall–Kier alpha value is 1.62. The molecule has 0 N–H and O–H groups in total. The minimum absolute atomic E-state index is 0.902. The summed E-state index contributed by atoms with van der Waals surface area (Å²) in [4.78, 5) is 0.902. The first kappa shape index (κ1) is 9.62. The highest BCUT2D eigenvalue weighted by Crippen LogP contribution is 2.39. The van der Waals surface area contributed by atoms with Crippen molar-refractivity contribution in [3.05, 3.63) is 0 Å². The smallest absolute Gasteiger partial charge is 0.0204 e. The molecule has 0 saturated carbocycles. The predicted molar refractivity (Wildman–Crippen MR) is 55.8 cm³/mol. The molecule has 0 aliphatic carbocycles. The van der Waals surface area contributed by atoms with Gasteiger partial charge in [0.15, 0.2) is 0 Å². The molecule has 0 saturated heterocycles. The Morgan fingerprint density at radius 3 is 2.75 bits per heavy atom. The molecule has 0 radical (unpaired) electrons. The summed E-state index contributed by atoms with van der Waals surface area (Å²) in [5, 5.41) is 0. The quantitative estimate of drug-likeness (QED) is 0.421. The fourth-order valence-electron chi connectivity index (χ4n) is 0.153. The summed E-state index contributed by atoms with van der Waals surface area (Å²) >= 11 is 4.01. The van der Waals surface area contributed by atoms with E-state index in [-0.39, 0.29) is 0 Å². The Morgan fingerprint density at radius 1 is 1.75 bits per heavy atom. The van der Waals surface area contributed by atoms with E-state index in [0.29, 0.717) is 0 Å². The van der Waals surface area contributed by atoms with E-state index in [9.17, 15) is 0 Å². The van der Waals surface area contributed by atoms with Gasteiger partial charge in [-0.05, 0) is 30.9 Å². The van der Waals surface area contributed by atoms with Crippen LogP contribution in [0.5, 0.6) is 0 Å². The average molecular weight is 202 g/mol. The van der Waals surface area contributed by atoms with Crippen LogP contribution in [0.15, 0.2) is 0 Å². The van der Waals surface area contributed by atoms with Crippen LogP contribution >= 0.6 is 42.1 Å². The molecule has 0 rings (SSSR count). The molecular formula is C3H10S4Si. The van der Waals surface area contributed by atoms with E-state index in [1.165, 1.54) is 16.7 Å². The van der Waals surface area contributed by atoms with Gasteiger partial charge in [0.25, 0.3) is 0 Å². The van der Waals surface area contributed by atoms with E-state index in [1.54, 1.807) is 19.7 Å². The van der Waals surface area contributed by atoms with Crippen LogP contribution in [0.2, 0.25) is 0 Å². The Labute approximate surface area is 70.4 Å². The van der Waals surface area contributed by atoms with E-state index < -0.39 is 0 Å². The van der Waals surface area contributed by atoms with Gasteiger partial charge in [-0.25, -0.2) is 0 Å². The zero-order valence-electron chi connectivity index (χ0n) is 4.96. The lowest BCUT2D eigenvalue weighted by Gasteiger charge is -2.02. The van der Waals surface area contributed by atoms with Crippen LogP contribution < -0.4 is 0 Å². The lowest BCUT2D eigenvalue weighted by Crippen LogP contribution is -1.94. The van der Waals surface area contributed by atoms with Gasteiger partial charge in [0, 0.05) is 10.2 Å². The van der Waals surface area contributed by atoms with Crippen molar-refractivity contribution in [3.8, 4) is 0 Å². The number of hydrogen-bond acceptors (Lipinski definition) is 4. The van der Waals surface area contributed by atoms with E-state index >= 15 is 0 Å². The molecule has 5 heteroatoms. The Morgan fingerprint density at radius 2 is 2.38 bits per heavy atom. The zero-order valence-corrected chi connectivity index (χ0v) is 10.3. The summed E-state index contributed by atoms with van der Waals surface area (Å²) < 4.78 is 0. The summed E-state index contributed by atoms with van der Waals surface area (Å²) in [7, 11) is 6.55. The van der Waals surface area contributed by atoms with Crippen molar-refractivity contribution >= 4 is 52.3 Å². The van der Waals surface area contributed by atoms with Gasteiger partial charge in [-0.3, -0.25) is 0 Å². The van der Waals surface area contributed by atoms with Crippen LogP contribution in [0.4, 0.5) is 0 Å². The van der Waals surface area contributed by atoms with Gasteiger partial charge in [0.2, 0.25) is 0 Å². The van der Waals surface area contributed by atoms with Crippen molar-refractivity contribution in [2.45, 2.75) is 18.2 Å². The molecule has 0 fully saturated rings.